The Hall–Kier alpha value is -2.97. The number of nitrogens with zero attached hydrogens (tertiary/aromatic N) is 1. The Kier molecular flexibility index (Phi) is 7.25. The van der Waals surface area contributed by atoms with E-state index in [9.17, 15) is 13.2 Å². The summed E-state index contributed by atoms with van der Waals surface area (Å²) in [7, 11) is -3.76. The maximum absolute atomic E-state index is 13.2. The van der Waals surface area contributed by atoms with E-state index in [2.05, 4.69) is 14.7 Å². The molecule has 0 fully saturated rings. The highest BCUT2D eigenvalue weighted by Crippen LogP contribution is 2.29. The lowest BCUT2D eigenvalue weighted by Gasteiger charge is -2.17. The lowest BCUT2D eigenvalue weighted by Crippen LogP contribution is -2.29. The molecule has 174 valence electrons. The molecule has 0 aliphatic carbocycles. The topological polar surface area (TPSA) is 101 Å². The fourth-order valence-corrected chi connectivity index (χ4v) is 5.30. The molecule has 2 N–H and O–H groups in total. The number of benzene rings is 2. The van der Waals surface area contributed by atoms with Crippen LogP contribution in [0, 0.1) is 0 Å². The second kappa shape index (κ2) is 10.3. The Morgan fingerprint density at radius 1 is 1.15 bits per heavy atom. The van der Waals surface area contributed by atoms with Gasteiger partial charge in [0.15, 0.2) is 0 Å². The first-order valence-corrected chi connectivity index (χ1v) is 12.8. The number of hydrogen-bond acceptors (Lipinski definition) is 5. The van der Waals surface area contributed by atoms with Gasteiger partial charge in [0.2, 0.25) is 10.0 Å². The molecule has 0 radical (unpaired) electrons. The summed E-state index contributed by atoms with van der Waals surface area (Å²) >= 11 is 0. The minimum atomic E-state index is -3.76. The van der Waals surface area contributed by atoms with Crippen molar-refractivity contribution < 1.29 is 17.9 Å². The summed E-state index contributed by atoms with van der Waals surface area (Å²) in [6, 6.07) is 14.3. The van der Waals surface area contributed by atoms with Gasteiger partial charge in [-0.05, 0) is 49.1 Å². The van der Waals surface area contributed by atoms with Gasteiger partial charge in [0.1, 0.15) is 17.4 Å². The molecular formula is C25H29N3O4S. The monoisotopic (exact) mass is 467 g/mol. The van der Waals surface area contributed by atoms with Crippen LogP contribution >= 0.6 is 0 Å². The van der Waals surface area contributed by atoms with E-state index in [-0.39, 0.29) is 10.7 Å². The van der Waals surface area contributed by atoms with Gasteiger partial charge in [-0.2, -0.15) is 0 Å². The zero-order chi connectivity index (χ0) is 23.3. The van der Waals surface area contributed by atoms with Crippen molar-refractivity contribution in [3.05, 3.63) is 66.1 Å². The van der Waals surface area contributed by atoms with Crippen molar-refractivity contribution in [2.75, 3.05) is 6.61 Å². The van der Waals surface area contributed by atoms with E-state index in [0.717, 1.165) is 41.8 Å². The quantitative estimate of drug-likeness (QED) is 0.402. The van der Waals surface area contributed by atoms with Crippen LogP contribution in [0.4, 0.5) is 0 Å². The molecule has 3 aromatic rings. The van der Waals surface area contributed by atoms with Gasteiger partial charge in [0, 0.05) is 12.8 Å². The van der Waals surface area contributed by atoms with Crippen molar-refractivity contribution in [2.24, 2.45) is 0 Å². The van der Waals surface area contributed by atoms with Crippen LogP contribution in [0.2, 0.25) is 0 Å². The molecular weight excluding hydrogens is 438 g/mol. The van der Waals surface area contributed by atoms with Crippen LogP contribution in [0.3, 0.4) is 0 Å². The lowest BCUT2D eigenvalue weighted by atomic mass is 10.1. The lowest BCUT2D eigenvalue weighted by molar-refractivity contribution is -0.117. The first kappa shape index (κ1) is 23.2. The molecule has 0 bridgehead atoms. The van der Waals surface area contributed by atoms with Gasteiger partial charge in [-0.15, -0.1) is 0 Å². The van der Waals surface area contributed by atoms with Crippen molar-refractivity contribution in [3.8, 4) is 17.0 Å². The molecule has 1 aliphatic heterocycles. The number of aromatic amines is 1. The summed E-state index contributed by atoms with van der Waals surface area (Å²) in [5.41, 5.74) is 2.72. The normalized spacial score (nSPS) is 14.0. The van der Waals surface area contributed by atoms with Crippen molar-refractivity contribution in [2.45, 2.75) is 56.4 Å². The fraction of sp³-hybridized carbons (Fsp3) is 0.360. The predicted molar refractivity (Wildman–Crippen MR) is 126 cm³/mol. The van der Waals surface area contributed by atoms with Crippen molar-refractivity contribution in [3.63, 3.8) is 0 Å². The summed E-state index contributed by atoms with van der Waals surface area (Å²) in [6.45, 7) is 2.16. The number of nitrogens with one attached hydrogen (secondary N) is 2. The van der Waals surface area contributed by atoms with Crippen molar-refractivity contribution in [1.82, 2.24) is 14.7 Å². The summed E-state index contributed by atoms with van der Waals surface area (Å²) in [5.74, 6) is 1.49. The minimum absolute atomic E-state index is 0.173. The number of ketones is 1. The number of rotatable bonds is 11. The number of hydrogen-bond donors (Lipinski definition) is 2. The summed E-state index contributed by atoms with van der Waals surface area (Å²) < 4.78 is 34.8. The number of imidazole rings is 1. The Morgan fingerprint density at radius 2 is 1.97 bits per heavy atom. The van der Waals surface area contributed by atoms with Gasteiger partial charge in [0.05, 0.1) is 29.4 Å². The molecule has 0 unspecified atom stereocenters. The third-order valence-electron chi connectivity index (χ3n) is 5.80. The summed E-state index contributed by atoms with van der Waals surface area (Å²) in [4.78, 5) is 19.2. The molecule has 4 rings (SSSR count). The van der Waals surface area contributed by atoms with E-state index in [1.165, 1.54) is 0 Å². The number of unbranched alkanes of at least 4 members (excludes halogenated alkanes) is 2. The van der Waals surface area contributed by atoms with Crippen LogP contribution in [0.25, 0.3) is 11.3 Å². The standard InChI is InChI=1S/C25H29N3O4S/c1-18(29)8-4-2-7-11-22(25-26-17-23(27-25)19-9-5-3-6-10-19)28-33(30,31)21-12-13-24-20(16-21)14-15-32-24/h3,5-6,9-10,12-13,16-17,22,28H,2,4,7-8,11,14-15H2,1H3,(H,26,27)/t22-/m0/s1. The highest BCUT2D eigenvalue weighted by molar-refractivity contribution is 7.89. The molecule has 0 saturated carbocycles. The molecule has 0 saturated heterocycles. The number of ether oxygens (including phenoxy) is 1. The van der Waals surface area contributed by atoms with Crippen LogP contribution in [0.1, 0.15) is 56.5 Å². The third-order valence-corrected chi connectivity index (χ3v) is 7.27. The van der Waals surface area contributed by atoms with Gasteiger partial charge in [0.25, 0.3) is 0 Å². The number of aromatic nitrogens is 2. The molecule has 0 amide bonds. The third kappa shape index (κ3) is 5.89. The molecule has 1 aromatic heterocycles. The molecule has 8 heteroatoms. The highest BCUT2D eigenvalue weighted by Gasteiger charge is 2.25. The average Bonchev–Trinajstić information content (AvgIpc) is 3.48. The van der Waals surface area contributed by atoms with Gasteiger partial charge < -0.3 is 14.5 Å². The number of fused-ring (bicyclic) bond motifs is 1. The van der Waals surface area contributed by atoms with Crippen LogP contribution in [-0.2, 0) is 21.2 Å². The molecule has 2 heterocycles. The van der Waals surface area contributed by atoms with E-state index in [4.69, 9.17) is 4.74 Å². The largest absolute Gasteiger partial charge is 0.493 e. The molecule has 0 spiro atoms. The first-order chi connectivity index (χ1) is 15.9. The van der Waals surface area contributed by atoms with Crippen LogP contribution in [0.15, 0.2) is 59.6 Å². The zero-order valence-corrected chi connectivity index (χ0v) is 19.5. The van der Waals surface area contributed by atoms with Gasteiger partial charge in [-0.3, -0.25) is 0 Å². The zero-order valence-electron chi connectivity index (χ0n) is 18.7. The highest BCUT2D eigenvalue weighted by atomic mass is 32.2. The Bertz CT molecular complexity index is 1210. The second-order valence-electron chi connectivity index (χ2n) is 8.39. The van der Waals surface area contributed by atoms with Crippen molar-refractivity contribution in [1.29, 1.82) is 0 Å². The van der Waals surface area contributed by atoms with Gasteiger partial charge in [-0.1, -0.05) is 43.2 Å². The predicted octanol–water partition coefficient (Wildman–Crippen LogP) is 4.57. The smallest absolute Gasteiger partial charge is 0.241 e. The van der Waals surface area contributed by atoms with E-state index >= 15 is 0 Å². The maximum atomic E-state index is 13.2. The molecule has 2 aromatic carbocycles. The summed E-state index contributed by atoms with van der Waals surface area (Å²) in [6.07, 6.45) is 5.98. The van der Waals surface area contributed by atoms with E-state index < -0.39 is 16.1 Å². The summed E-state index contributed by atoms with van der Waals surface area (Å²) in [5, 5.41) is 0. The van der Waals surface area contributed by atoms with E-state index in [0.29, 0.717) is 31.7 Å². The average molecular weight is 468 g/mol. The second-order valence-corrected chi connectivity index (χ2v) is 10.1. The van der Waals surface area contributed by atoms with E-state index in [1.54, 1.807) is 31.3 Å². The molecule has 7 nitrogen and oxygen atoms in total. The number of sulfonamides is 1. The number of carbonyl (C=O) groups excluding carboxylic acids is 1. The van der Waals surface area contributed by atoms with Crippen molar-refractivity contribution >= 4 is 15.8 Å². The van der Waals surface area contributed by atoms with Crippen LogP contribution in [-0.4, -0.2) is 30.8 Å². The van der Waals surface area contributed by atoms with E-state index in [1.807, 2.05) is 30.3 Å². The number of H-pyrrole nitrogens is 1. The SMILES string of the molecule is CC(=O)CCCCC[C@H](NS(=O)(=O)c1ccc2c(c1)CCO2)c1ncc(-c2ccccc2)[nH]1. The van der Waals surface area contributed by atoms with Crippen LogP contribution in [0.5, 0.6) is 5.75 Å². The first-order valence-electron chi connectivity index (χ1n) is 11.3. The Morgan fingerprint density at radius 3 is 2.76 bits per heavy atom. The van der Waals surface area contributed by atoms with Gasteiger partial charge in [-0.25, -0.2) is 18.1 Å². The Labute approximate surface area is 194 Å². The van der Waals surface area contributed by atoms with Crippen LogP contribution < -0.4 is 9.46 Å². The number of Topliss-reactive ketones (excluding diaryl/α,β-unsaturated/α-hetero) is 1. The minimum Gasteiger partial charge on any atom is -0.493 e. The maximum Gasteiger partial charge on any atom is 0.241 e. The van der Waals surface area contributed by atoms with Gasteiger partial charge >= 0.3 is 0 Å². The number of carbonyl (C=O) groups is 1. The molecule has 33 heavy (non-hydrogen) atoms. The molecule has 1 atom stereocenters. The fourth-order valence-electron chi connectivity index (χ4n) is 4.01. The molecule has 1 aliphatic rings. The Balaban J connectivity index is 1.53.